The second kappa shape index (κ2) is 8.26. The number of hydrogen-bond acceptors (Lipinski definition) is 5. The number of rotatable bonds is 6. The van der Waals surface area contributed by atoms with Crippen molar-refractivity contribution < 1.29 is 9.53 Å². The Balaban J connectivity index is 1.54. The molecular weight excluding hydrogens is 322 g/mol. The molecule has 128 valence electrons. The Labute approximate surface area is 146 Å². The molecule has 1 N–H and O–H groups in total. The molecule has 0 saturated carbocycles. The lowest BCUT2D eigenvalue weighted by Crippen LogP contribution is -2.36. The van der Waals surface area contributed by atoms with Crippen molar-refractivity contribution in [2.45, 2.75) is 26.2 Å². The number of nitrogens with zero attached hydrogens (tertiary/aromatic N) is 2. The van der Waals surface area contributed by atoms with Crippen LogP contribution in [0.25, 0.3) is 0 Å². The summed E-state index contributed by atoms with van der Waals surface area (Å²) >= 11 is 1.66. The average molecular weight is 345 g/mol. The van der Waals surface area contributed by atoms with Gasteiger partial charge in [0.05, 0.1) is 35.3 Å². The van der Waals surface area contributed by atoms with Gasteiger partial charge in [-0.3, -0.25) is 4.79 Å². The van der Waals surface area contributed by atoms with Gasteiger partial charge in [-0.15, -0.1) is 11.3 Å². The van der Waals surface area contributed by atoms with E-state index >= 15 is 0 Å². The first-order chi connectivity index (χ1) is 11.7. The second-order valence-corrected chi connectivity index (χ2v) is 6.94. The van der Waals surface area contributed by atoms with E-state index in [1.807, 2.05) is 25.1 Å². The number of ether oxygens (including phenoxy) is 1. The number of aryl methyl sites for hydroxylation is 2. The van der Waals surface area contributed by atoms with Gasteiger partial charge < -0.3 is 15.0 Å². The standard InChI is InChI=1S/C18H23N3O2S/c1-14-19-15(13-24-14)5-4-8-18(22)20-16-6-2-3-7-17(16)21-9-11-23-12-10-21/h2-3,6-7,13H,4-5,8-12H2,1H3,(H,20,22). The van der Waals surface area contributed by atoms with E-state index < -0.39 is 0 Å². The molecule has 1 amide bonds. The zero-order chi connectivity index (χ0) is 16.8. The zero-order valence-corrected chi connectivity index (χ0v) is 14.8. The average Bonchev–Trinajstić information content (AvgIpc) is 3.01. The number of hydrogen-bond donors (Lipinski definition) is 1. The predicted molar refractivity (Wildman–Crippen MR) is 97.9 cm³/mol. The Morgan fingerprint density at radius 1 is 1.33 bits per heavy atom. The van der Waals surface area contributed by atoms with Crippen molar-refractivity contribution in [2.24, 2.45) is 0 Å². The van der Waals surface area contributed by atoms with Crippen molar-refractivity contribution in [3.05, 3.63) is 40.3 Å². The molecular formula is C18H23N3O2S. The highest BCUT2D eigenvalue weighted by molar-refractivity contribution is 7.09. The Morgan fingerprint density at radius 3 is 2.88 bits per heavy atom. The summed E-state index contributed by atoms with van der Waals surface area (Å²) in [7, 11) is 0. The number of amides is 1. The van der Waals surface area contributed by atoms with Gasteiger partial charge in [0.25, 0.3) is 0 Å². The smallest absolute Gasteiger partial charge is 0.224 e. The van der Waals surface area contributed by atoms with Crippen LogP contribution in [0, 0.1) is 6.92 Å². The summed E-state index contributed by atoms with van der Waals surface area (Å²) in [6.07, 6.45) is 2.17. The number of carbonyl (C=O) groups excluding carboxylic acids is 1. The van der Waals surface area contributed by atoms with E-state index in [0.29, 0.717) is 6.42 Å². The minimum absolute atomic E-state index is 0.0580. The van der Waals surface area contributed by atoms with Gasteiger partial charge >= 0.3 is 0 Å². The maximum Gasteiger partial charge on any atom is 0.224 e. The monoisotopic (exact) mass is 345 g/mol. The first kappa shape index (κ1) is 16.9. The van der Waals surface area contributed by atoms with Crippen molar-refractivity contribution in [3.63, 3.8) is 0 Å². The molecule has 2 heterocycles. The molecule has 0 unspecified atom stereocenters. The fourth-order valence-electron chi connectivity index (χ4n) is 2.83. The SMILES string of the molecule is Cc1nc(CCCC(=O)Nc2ccccc2N2CCOCC2)cs1. The first-order valence-electron chi connectivity index (χ1n) is 8.35. The second-order valence-electron chi connectivity index (χ2n) is 5.88. The lowest BCUT2D eigenvalue weighted by Gasteiger charge is -2.30. The van der Waals surface area contributed by atoms with Gasteiger partial charge in [-0.25, -0.2) is 4.98 Å². The van der Waals surface area contributed by atoms with E-state index in [2.05, 4.69) is 26.6 Å². The molecule has 1 aromatic carbocycles. The fraction of sp³-hybridized carbons (Fsp3) is 0.444. The number of para-hydroxylation sites is 2. The normalized spacial score (nSPS) is 14.6. The zero-order valence-electron chi connectivity index (χ0n) is 14.0. The van der Waals surface area contributed by atoms with E-state index in [4.69, 9.17) is 4.74 Å². The van der Waals surface area contributed by atoms with Gasteiger partial charge in [-0.2, -0.15) is 0 Å². The first-order valence-corrected chi connectivity index (χ1v) is 9.23. The molecule has 0 radical (unpaired) electrons. The highest BCUT2D eigenvalue weighted by atomic mass is 32.1. The Hall–Kier alpha value is -1.92. The van der Waals surface area contributed by atoms with E-state index in [1.165, 1.54) is 0 Å². The van der Waals surface area contributed by atoms with Gasteiger partial charge in [-0.05, 0) is 31.9 Å². The molecule has 3 rings (SSSR count). The minimum Gasteiger partial charge on any atom is -0.378 e. The third-order valence-corrected chi connectivity index (χ3v) is 4.86. The van der Waals surface area contributed by atoms with Crippen LogP contribution in [0.1, 0.15) is 23.5 Å². The summed E-state index contributed by atoms with van der Waals surface area (Å²) in [4.78, 5) is 19.0. The Morgan fingerprint density at radius 2 is 2.12 bits per heavy atom. The summed E-state index contributed by atoms with van der Waals surface area (Å²) in [5, 5.41) is 6.21. The molecule has 0 spiro atoms. The molecule has 0 aliphatic carbocycles. The number of thiazole rings is 1. The van der Waals surface area contributed by atoms with E-state index in [0.717, 1.165) is 61.2 Å². The summed E-state index contributed by atoms with van der Waals surface area (Å²) in [5.74, 6) is 0.0580. The van der Waals surface area contributed by atoms with Crippen molar-refractivity contribution in [1.82, 2.24) is 4.98 Å². The number of nitrogens with one attached hydrogen (secondary N) is 1. The van der Waals surface area contributed by atoms with Crippen LogP contribution in [0.2, 0.25) is 0 Å². The number of aromatic nitrogens is 1. The number of anilines is 2. The van der Waals surface area contributed by atoms with Gasteiger partial charge in [0.15, 0.2) is 0 Å². The van der Waals surface area contributed by atoms with Gasteiger partial charge in [-0.1, -0.05) is 12.1 Å². The maximum atomic E-state index is 12.3. The van der Waals surface area contributed by atoms with Gasteiger partial charge in [0.1, 0.15) is 0 Å². The molecule has 1 aliphatic rings. The lowest BCUT2D eigenvalue weighted by atomic mass is 10.2. The third-order valence-electron chi connectivity index (χ3n) is 4.03. The van der Waals surface area contributed by atoms with Gasteiger partial charge in [0, 0.05) is 24.9 Å². The molecule has 0 atom stereocenters. The molecule has 6 heteroatoms. The van der Waals surface area contributed by atoms with Crippen LogP contribution in [0.5, 0.6) is 0 Å². The Bertz CT molecular complexity index is 680. The highest BCUT2D eigenvalue weighted by Crippen LogP contribution is 2.26. The fourth-order valence-corrected chi connectivity index (χ4v) is 3.47. The summed E-state index contributed by atoms with van der Waals surface area (Å²) < 4.78 is 5.40. The van der Waals surface area contributed by atoms with E-state index in [9.17, 15) is 4.79 Å². The summed E-state index contributed by atoms with van der Waals surface area (Å²) in [6.45, 7) is 5.18. The van der Waals surface area contributed by atoms with Crippen LogP contribution in [0.4, 0.5) is 11.4 Å². The molecule has 24 heavy (non-hydrogen) atoms. The topological polar surface area (TPSA) is 54.5 Å². The van der Waals surface area contributed by atoms with Crippen LogP contribution >= 0.6 is 11.3 Å². The van der Waals surface area contributed by atoms with Gasteiger partial charge in [0.2, 0.25) is 5.91 Å². The predicted octanol–water partition coefficient (Wildman–Crippen LogP) is 3.25. The molecule has 1 fully saturated rings. The van der Waals surface area contributed by atoms with Crippen molar-refractivity contribution >= 4 is 28.6 Å². The molecule has 1 saturated heterocycles. The minimum atomic E-state index is 0.0580. The molecule has 1 aliphatic heterocycles. The summed E-state index contributed by atoms with van der Waals surface area (Å²) in [6, 6.07) is 7.98. The summed E-state index contributed by atoms with van der Waals surface area (Å²) in [5.41, 5.74) is 3.04. The molecule has 0 bridgehead atoms. The Kier molecular flexibility index (Phi) is 5.82. The van der Waals surface area contributed by atoms with E-state index in [1.54, 1.807) is 11.3 Å². The molecule has 1 aromatic heterocycles. The molecule has 5 nitrogen and oxygen atoms in total. The number of carbonyl (C=O) groups is 1. The molecule has 2 aromatic rings. The number of morpholine rings is 1. The van der Waals surface area contributed by atoms with Crippen molar-refractivity contribution in [3.8, 4) is 0 Å². The van der Waals surface area contributed by atoms with Crippen LogP contribution in [-0.4, -0.2) is 37.2 Å². The van der Waals surface area contributed by atoms with Crippen molar-refractivity contribution in [2.75, 3.05) is 36.5 Å². The third kappa shape index (κ3) is 4.55. The maximum absolute atomic E-state index is 12.3. The van der Waals surface area contributed by atoms with Crippen LogP contribution in [0.15, 0.2) is 29.6 Å². The quantitative estimate of drug-likeness (QED) is 0.873. The van der Waals surface area contributed by atoms with E-state index in [-0.39, 0.29) is 5.91 Å². The highest BCUT2D eigenvalue weighted by Gasteiger charge is 2.15. The van der Waals surface area contributed by atoms with Crippen LogP contribution < -0.4 is 10.2 Å². The van der Waals surface area contributed by atoms with Crippen molar-refractivity contribution in [1.29, 1.82) is 0 Å². The van der Waals surface area contributed by atoms with Crippen LogP contribution in [0.3, 0.4) is 0 Å². The van der Waals surface area contributed by atoms with Crippen LogP contribution in [-0.2, 0) is 16.0 Å². The lowest BCUT2D eigenvalue weighted by molar-refractivity contribution is -0.116. The number of benzene rings is 1. The largest absolute Gasteiger partial charge is 0.378 e.